The molecule has 0 atom stereocenters. The maximum Gasteiger partial charge on any atom is 0.405 e. The quantitative estimate of drug-likeness (QED) is 0.335. The van der Waals surface area contributed by atoms with E-state index in [9.17, 15) is 4.79 Å². The van der Waals surface area contributed by atoms with E-state index in [4.69, 9.17) is 0 Å². The van der Waals surface area contributed by atoms with Crippen LogP contribution < -0.4 is 5.73 Å². The van der Waals surface area contributed by atoms with Crippen molar-refractivity contribution in [3.63, 3.8) is 0 Å². The van der Waals surface area contributed by atoms with Crippen molar-refractivity contribution in [2.75, 3.05) is 5.94 Å². The molecule has 0 aliphatic carbocycles. The summed E-state index contributed by atoms with van der Waals surface area (Å²) in [5.41, 5.74) is 4.57. The molecule has 0 aliphatic heterocycles. The zero-order valence-electron chi connectivity index (χ0n) is 3.46. The van der Waals surface area contributed by atoms with Gasteiger partial charge < -0.3 is 10.5 Å². The summed E-state index contributed by atoms with van der Waals surface area (Å²) in [6, 6.07) is 0. The predicted octanol–water partition coefficient (Wildman–Crippen LogP) is 0.617. The molecule has 1 amide bonds. The molecule has 3 nitrogen and oxygen atoms in total. The summed E-state index contributed by atoms with van der Waals surface area (Å²) < 4.78 is 4.22. The Morgan fingerprint density at radius 3 is 2.71 bits per heavy atom. The van der Waals surface area contributed by atoms with Crippen LogP contribution in [-0.2, 0) is 4.74 Å². The second-order valence-corrected chi connectivity index (χ2v) is 1.98. The lowest BCUT2D eigenvalue weighted by atomic mass is 11.2. The third-order valence-corrected chi connectivity index (χ3v) is 0.793. The van der Waals surface area contributed by atoms with Crippen molar-refractivity contribution in [2.45, 2.75) is 0 Å². The van der Waals surface area contributed by atoms with Gasteiger partial charge in [-0.2, -0.15) is 0 Å². The topological polar surface area (TPSA) is 52.3 Å². The Kier molecular flexibility index (Phi) is 4.12. The van der Waals surface area contributed by atoms with Crippen LogP contribution in [0, 0.1) is 0 Å². The molecule has 0 saturated heterocycles. The van der Waals surface area contributed by atoms with Gasteiger partial charge in [0.05, 0.1) is 0 Å². The summed E-state index contributed by atoms with van der Waals surface area (Å²) in [6.45, 7) is 0. The molecule has 0 aliphatic rings. The first kappa shape index (κ1) is 6.97. The Hall–Kier alpha value is -0.0300. The minimum absolute atomic E-state index is 0.207. The number of ether oxygens (including phenoxy) is 1. The van der Waals surface area contributed by atoms with E-state index in [0.29, 0.717) is 0 Å². The van der Waals surface area contributed by atoms with Crippen molar-refractivity contribution < 1.29 is 9.53 Å². The zero-order chi connectivity index (χ0) is 5.70. The lowest BCUT2D eigenvalue weighted by molar-refractivity contribution is 0.177. The van der Waals surface area contributed by atoms with Gasteiger partial charge in [0.1, 0.15) is 5.94 Å². The van der Waals surface area contributed by atoms with Crippen LogP contribution in [0.4, 0.5) is 4.79 Å². The van der Waals surface area contributed by atoms with Gasteiger partial charge in [0, 0.05) is 0 Å². The van der Waals surface area contributed by atoms with Crippen LogP contribution in [0.1, 0.15) is 0 Å². The normalized spacial score (nSPS) is 8.14. The van der Waals surface area contributed by atoms with Gasteiger partial charge in [-0.3, -0.25) is 0 Å². The van der Waals surface area contributed by atoms with E-state index < -0.39 is 6.09 Å². The minimum Gasteiger partial charge on any atom is -0.438 e. The van der Waals surface area contributed by atoms with E-state index in [1.165, 1.54) is 0 Å². The van der Waals surface area contributed by atoms with Gasteiger partial charge in [-0.15, -0.1) is 11.7 Å². The summed E-state index contributed by atoms with van der Waals surface area (Å²) >= 11 is 3.68. The van der Waals surface area contributed by atoms with Crippen LogP contribution in [0.25, 0.3) is 0 Å². The zero-order valence-corrected chi connectivity index (χ0v) is 5.17. The van der Waals surface area contributed by atoms with E-state index in [1.54, 1.807) is 0 Å². The molecule has 0 radical (unpaired) electrons. The molecule has 7 heavy (non-hydrogen) atoms. The molecule has 0 spiro atoms. The molecule has 0 heterocycles. The first-order valence-electron chi connectivity index (χ1n) is 1.46. The van der Waals surface area contributed by atoms with E-state index in [-0.39, 0.29) is 5.94 Å². The van der Waals surface area contributed by atoms with Crippen LogP contribution in [0.3, 0.4) is 0 Å². The summed E-state index contributed by atoms with van der Waals surface area (Å²) in [4.78, 5) is 9.71. The van der Waals surface area contributed by atoms with Crippen LogP contribution >= 0.6 is 22.5 Å². The molecular weight excluding hydrogens is 134 g/mol. The number of amides is 1. The molecular formula is C2H5NO2S2. The fraction of sp³-hybridized carbons (Fsp3) is 0.500. The lowest BCUT2D eigenvalue weighted by Crippen LogP contribution is -2.11. The molecule has 0 aromatic rings. The van der Waals surface area contributed by atoms with Crippen LogP contribution in [0.5, 0.6) is 0 Å². The average molecular weight is 139 g/mol. The number of hydrogen-bond acceptors (Lipinski definition) is 4. The molecule has 0 bridgehead atoms. The molecule has 0 saturated carbocycles. The average Bonchev–Trinajstić information content (AvgIpc) is 1.61. The second-order valence-electron chi connectivity index (χ2n) is 0.710. The highest BCUT2D eigenvalue weighted by molar-refractivity contribution is 8.68. The summed E-state index contributed by atoms with van der Waals surface area (Å²) in [5.74, 6) is 0.207. The fourth-order valence-electron chi connectivity index (χ4n) is 0.0844. The molecule has 0 unspecified atom stereocenters. The van der Waals surface area contributed by atoms with Crippen molar-refractivity contribution in [3.05, 3.63) is 0 Å². The van der Waals surface area contributed by atoms with Crippen LogP contribution in [0.15, 0.2) is 0 Å². The van der Waals surface area contributed by atoms with Crippen molar-refractivity contribution in [1.82, 2.24) is 0 Å². The number of thiol groups is 1. The van der Waals surface area contributed by atoms with Gasteiger partial charge >= 0.3 is 6.09 Å². The van der Waals surface area contributed by atoms with Crippen LogP contribution in [-0.4, -0.2) is 12.0 Å². The number of hydrogen-bond donors (Lipinski definition) is 2. The van der Waals surface area contributed by atoms with E-state index in [0.717, 1.165) is 10.8 Å². The van der Waals surface area contributed by atoms with E-state index in [2.05, 4.69) is 22.1 Å². The van der Waals surface area contributed by atoms with Crippen LogP contribution in [0.2, 0.25) is 0 Å². The van der Waals surface area contributed by atoms with Gasteiger partial charge in [-0.25, -0.2) is 4.79 Å². The standard InChI is InChI=1S/C2H5NO2S2/c3-2(4)5-1-7-6/h6H,1H2,(H2,3,4). The van der Waals surface area contributed by atoms with E-state index in [1.807, 2.05) is 0 Å². The van der Waals surface area contributed by atoms with Gasteiger partial charge in [0.25, 0.3) is 0 Å². The molecule has 42 valence electrons. The van der Waals surface area contributed by atoms with Crippen molar-refractivity contribution in [2.24, 2.45) is 5.73 Å². The fourth-order valence-corrected chi connectivity index (χ4v) is 0.411. The number of primary amides is 1. The van der Waals surface area contributed by atoms with Crippen molar-refractivity contribution in [1.29, 1.82) is 0 Å². The van der Waals surface area contributed by atoms with E-state index >= 15 is 0 Å². The van der Waals surface area contributed by atoms with Gasteiger partial charge in [0.2, 0.25) is 0 Å². The van der Waals surface area contributed by atoms with Gasteiger partial charge in [-0.1, -0.05) is 10.8 Å². The van der Waals surface area contributed by atoms with Gasteiger partial charge in [-0.05, 0) is 0 Å². The first-order valence-corrected chi connectivity index (χ1v) is 3.49. The van der Waals surface area contributed by atoms with Gasteiger partial charge in [0.15, 0.2) is 0 Å². The third-order valence-electron chi connectivity index (χ3n) is 0.254. The minimum atomic E-state index is -0.762. The smallest absolute Gasteiger partial charge is 0.405 e. The van der Waals surface area contributed by atoms with Crippen molar-refractivity contribution >= 4 is 28.5 Å². The SMILES string of the molecule is NC(=O)OCSS. The lowest BCUT2D eigenvalue weighted by Gasteiger charge is -1.92. The largest absolute Gasteiger partial charge is 0.438 e. The second kappa shape index (κ2) is 4.14. The number of nitrogens with two attached hydrogens (primary N) is 1. The molecule has 0 aromatic heterocycles. The first-order chi connectivity index (χ1) is 3.27. The predicted molar refractivity (Wildman–Crippen MR) is 32.1 cm³/mol. The highest BCUT2D eigenvalue weighted by Crippen LogP contribution is 2.02. The molecule has 0 fully saturated rings. The maximum absolute atomic E-state index is 9.71. The third kappa shape index (κ3) is 5.97. The Morgan fingerprint density at radius 2 is 2.57 bits per heavy atom. The summed E-state index contributed by atoms with van der Waals surface area (Å²) in [7, 11) is 1.10. The highest BCUT2D eigenvalue weighted by atomic mass is 33.1. The summed E-state index contributed by atoms with van der Waals surface area (Å²) in [5, 5.41) is 0. The molecule has 2 N–H and O–H groups in total. The Labute approximate surface area is 50.4 Å². The number of carbonyl (C=O) groups excluding carboxylic acids is 1. The Balaban J connectivity index is 2.82. The maximum atomic E-state index is 9.71. The molecule has 0 aromatic carbocycles. The Morgan fingerprint density at radius 1 is 2.00 bits per heavy atom. The monoisotopic (exact) mass is 139 g/mol. The summed E-state index contributed by atoms with van der Waals surface area (Å²) in [6.07, 6.45) is -0.762. The number of carbonyl (C=O) groups is 1. The molecule has 5 heteroatoms. The highest BCUT2D eigenvalue weighted by Gasteiger charge is 1.87. The number of rotatable bonds is 2. The van der Waals surface area contributed by atoms with Crippen molar-refractivity contribution in [3.8, 4) is 0 Å². The Bertz CT molecular complexity index is 66.7. The molecule has 0 rings (SSSR count).